The van der Waals surface area contributed by atoms with Crippen molar-refractivity contribution in [3.05, 3.63) is 83.2 Å². The normalized spacial score (nSPS) is 14.8. The predicted octanol–water partition coefficient (Wildman–Crippen LogP) is 4.68. The Labute approximate surface area is 164 Å². The minimum Gasteiger partial charge on any atom is -0.489 e. The maximum Gasteiger partial charge on any atom is 0.233 e. The Morgan fingerprint density at radius 2 is 1.86 bits per heavy atom. The minimum atomic E-state index is -3.30. The van der Waals surface area contributed by atoms with Crippen LogP contribution in [-0.2, 0) is 23.1 Å². The van der Waals surface area contributed by atoms with E-state index in [-0.39, 0.29) is 18.2 Å². The Kier molecular flexibility index (Phi) is 4.81. The number of benzene rings is 3. The molecule has 0 aromatic heterocycles. The van der Waals surface area contributed by atoms with Crippen molar-refractivity contribution >= 4 is 15.7 Å². The van der Waals surface area contributed by atoms with E-state index in [1.54, 1.807) is 6.07 Å². The van der Waals surface area contributed by atoms with Crippen molar-refractivity contribution < 1.29 is 17.5 Å². The zero-order chi connectivity index (χ0) is 19.7. The number of hydrogen-bond donors (Lipinski definition) is 1. The third-order valence-corrected chi connectivity index (χ3v) is 5.98. The van der Waals surface area contributed by atoms with E-state index < -0.39 is 10.0 Å². The smallest absolute Gasteiger partial charge is 0.233 e. The maximum atomic E-state index is 13.3. The molecule has 0 spiro atoms. The van der Waals surface area contributed by atoms with Gasteiger partial charge >= 0.3 is 0 Å². The number of rotatable bonds is 4. The Balaban J connectivity index is 1.58. The van der Waals surface area contributed by atoms with E-state index in [4.69, 9.17) is 4.74 Å². The Morgan fingerprint density at radius 3 is 2.61 bits per heavy atom. The van der Waals surface area contributed by atoms with Gasteiger partial charge in [-0.05, 0) is 60.4 Å². The highest BCUT2D eigenvalue weighted by molar-refractivity contribution is 7.92. The van der Waals surface area contributed by atoms with Gasteiger partial charge in [0.15, 0.2) is 0 Å². The van der Waals surface area contributed by atoms with Crippen LogP contribution in [0, 0.1) is 12.7 Å². The molecule has 1 aliphatic heterocycles. The second-order valence-corrected chi connectivity index (χ2v) is 8.80. The fourth-order valence-corrected chi connectivity index (χ4v) is 4.52. The number of hydrogen-bond acceptors (Lipinski definition) is 3. The number of nitrogens with one attached hydrogen (secondary N) is 1. The second kappa shape index (κ2) is 7.28. The summed E-state index contributed by atoms with van der Waals surface area (Å²) in [7, 11) is -3.30. The van der Waals surface area contributed by atoms with Crippen LogP contribution < -0.4 is 9.46 Å². The fourth-order valence-electron chi connectivity index (χ4n) is 3.38. The third-order valence-electron chi connectivity index (χ3n) is 4.72. The molecule has 0 saturated carbocycles. The molecule has 3 aromatic rings. The summed E-state index contributed by atoms with van der Waals surface area (Å²) in [4.78, 5) is 0. The van der Waals surface area contributed by atoms with Crippen molar-refractivity contribution in [1.82, 2.24) is 0 Å². The largest absolute Gasteiger partial charge is 0.489 e. The summed E-state index contributed by atoms with van der Waals surface area (Å²) >= 11 is 0. The van der Waals surface area contributed by atoms with Crippen molar-refractivity contribution in [2.75, 3.05) is 10.5 Å². The monoisotopic (exact) mass is 397 g/mol. The zero-order valence-corrected chi connectivity index (χ0v) is 16.2. The minimum absolute atomic E-state index is 0.107. The van der Waals surface area contributed by atoms with E-state index in [2.05, 4.69) is 4.72 Å². The van der Waals surface area contributed by atoms with Crippen molar-refractivity contribution in [3.63, 3.8) is 0 Å². The van der Waals surface area contributed by atoms with E-state index in [0.717, 1.165) is 27.8 Å². The molecule has 4 nitrogen and oxygen atoms in total. The molecular formula is C22H20FNO3S. The van der Waals surface area contributed by atoms with Gasteiger partial charge in [-0.1, -0.05) is 35.9 Å². The van der Waals surface area contributed by atoms with Gasteiger partial charge in [0.2, 0.25) is 10.0 Å². The first-order chi connectivity index (χ1) is 13.4. The van der Waals surface area contributed by atoms with Gasteiger partial charge in [0, 0.05) is 5.56 Å². The van der Waals surface area contributed by atoms with Crippen LogP contribution in [-0.4, -0.2) is 14.2 Å². The summed E-state index contributed by atoms with van der Waals surface area (Å²) in [6.07, 6.45) is 0.508. The van der Waals surface area contributed by atoms with Gasteiger partial charge in [-0.2, -0.15) is 0 Å². The van der Waals surface area contributed by atoms with E-state index in [0.29, 0.717) is 17.9 Å². The van der Waals surface area contributed by atoms with E-state index in [1.807, 2.05) is 49.4 Å². The first-order valence-corrected chi connectivity index (χ1v) is 10.7. The van der Waals surface area contributed by atoms with Crippen molar-refractivity contribution in [2.45, 2.75) is 20.0 Å². The lowest BCUT2D eigenvalue weighted by atomic mass is 9.96. The van der Waals surface area contributed by atoms with Gasteiger partial charge in [0.25, 0.3) is 0 Å². The van der Waals surface area contributed by atoms with Crippen molar-refractivity contribution in [3.8, 4) is 16.9 Å². The van der Waals surface area contributed by atoms with E-state index in [1.165, 1.54) is 12.1 Å². The molecule has 3 aromatic carbocycles. The third kappa shape index (κ3) is 4.02. The highest BCUT2D eigenvalue weighted by atomic mass is 32.2. The number of ether oxygens (including phenoxy) is 1. The van der Waals surface area contributed by atoms with Crippen LogP contribution in [0.15, 0.2) is 60.7 Å². The number of aryl methyl sites for hydroxylation is 2. The van der Waals surface area contributed by atoms with Crippen LogP contribution >= 0.6 is 0 Å². The summed E-state index contributed by atoms with van der Waals surface area (Å²) in [6.45, 7) is 2.28. The number of halogens is 1. The molecule has 0 unspecified atom stereocenters. The van der Waals surface area contributed by atoms with Crippen molar-refractivity contribution in [1.29, 1.82) is 0 Å². The molecule has 6 heteroatoms. The van der Waals surface area contributed by atoms with Crippen LogP contribution in [0.1, 0.15) is 16.7 Å². The molecule has 0 fully saturated rings. The molecule has 1 aliphatic rings. The molecule has 0 amide bonds. The first kappa shape index (κ1) is 18.5. The summed E-state index contributed by atoms with van der Waals surface area (Å²) in [5, 5.41) is 0. The van der Waals surface area contributed by atoms with Gasteiger partial charge in [-0.15, -0.1) is 0 Å². The highest BCUT2D eigenvalue weighted by Crippen LogP contribution is 2.36. The van der Waals surface area contributed by atoms with Crippen LogP contribution in [0.25, 0.3) is 11.1 Å². The SMILES string of the molecule is Cc1cc2c(c(-c3ccc(OCc4cccc(F)c4)cc3)c1)NS(=O)(=O)CC2. The molecule has 0 aliphatic carbocycles. The predicted molar refractivity (Wildman–Crippen MR) is 108 cm³/mol. The molecule has 0 bridgehead atoms. The molecular weight excluding hydrogens is 377 g/mol. The standard InChI is InChI=1S/C22H20FNO3S/c1-15-11-18-9-10-28(25,26)24-22(18)21(12-15)17-5-7-20(8-6-17)27-14-16-3-2-4-19(23)13-16/h2-8,11-13,24H,9-10,14H2,1H3. The lowest BCUT2D eigenvalue weighted by Crippen LogP contribution is -2.24. The van der Waals surface area contributed by atoms with Crippen LogP contribution in [0.5, 0.6) is 5.75 Å². The van der Waals surface area contributed by atoms with E-state index >= 15 is 0 Å². The molecule has 0 saturated heterocycles. The van der Waals surface area contributed by atoms with Crippen LogP contribution in [0.4, 0.5) is 10.1 Å². The number of anilines is 1. The lowest BCUT2D eigenvalue weighted by molar-refractivity contribution is 0.305. The summed E-state index contributed by atoms with van der Waals surface area (Å²) in [5.74, 6) is 0.480. The molecule has 144 valence electrons. The number of fused-ring (bicyclic) bond motifs is 1. The number of sulfonamides is 1. The molecule has 0 atom stereocenters. The van der Waals surface area contributed by atoms with Gasteiger partial charge in [-0.3, -0.25) is 4.72 Å². The molecule has 4 rings (SSSR count). The zero-order valence-electron chi connectivity index (χ0n) is 15.4. The van der Waals surface area contributed by atoms with Crippen molar-refractivity contribution in [2.24, 2.45) is 0 Å². The Hall–Kier alpha value is -2.86. The quantitative estimate of drug-likeness (QED) is 0.696. The second-order valence-electron chi connectivity index (χ2n) is 6.96. The molecule has 1 heterocycles. The van der Waals surface area contributed by atoms with Crippen LogP contribution in [0.3, 0.4) is 0 Å². The van der Waals surface area contributed by atoms with Gasteiger partial charge in [0.05, 0.1) is 11.4 Å². The maximum absolute atomic E-state index is 13.3. The average molecular weight is 397 g/mol. The Morgan fingerprint density at radius 1 is 1.07 bits per heavy atom. The summed E-state index contributed by atoms with van der Waals surface area (Å²) in [5.41, 5.74) is 5.27. The fraction of sp³-hybridized carbons (Fsp3) is 0.182. The topological polar surface area (TPSA) is 55.4 Å². The van der Waals surface area contributed by atoms with E-state index in [9.17, 15) is 12.8 Å². The molecule has 1 N–H and O–H groups in total. The first-order valence-electron chi connectivity index (χ1n) is 9.01. The summed E-state index contributed by atoms with van der Waals surface area (Å²) < 4.78 is 45.7. The Bertz CT molecular complexity index is 1130. The lowest BCUT2D eigenvalue weighted by Gasteiger charge is -2.22. The molecule has 0 radical (unpaired) electrons. The summed E-state index contributed by atoms with van der Waals surface area (Å²) in [6, 6.07) is 17.8. The van der Waals surface area contributed by atoms with Gasteiger partial charge in [-0.25, -0.2) is 12.8 Å². The highest BCUT2D eigenvalue weighted by Gasteiger charge is 2.23. The van der Waals surface area contributed by atoms with Crippen LogP contribution in [0.2, 0.25) is 0 Å². The average Bonchev–Trinajstić information content (AvgIpc) is 2.66. The molecule has 28 heavy (non-hydrogen) atoms. The van der Waals surface area contributed by atoms with Gasteiger partial charge in [0.1, 0.15) is 18.2 Å². The van der Waals surface area contributed by atoms with Gasteiger partial charge < -0.3 is 4.74 Å².